The zero-order valence-corrected chi connectivity index (χ0v) is 13.0. The minimum absolute atomic E-state index is 0.00247. The normalized spacial score (nSPS) is 15.1. The highest BCUT2D eigenvalue weighted by molar-refractivity contribution is 5.93. The smallest absolute Gasteiger partial charge is 0.318 e. The van der Waals surface area contributed by atoms with Gasteiger partial charge in [-0.1, -0.05) is 12.5 Å². The third kappa shape index (κ3) is 5.37. The van der Waals surface area contributed by atoms with Crippen molar-refractivity contribution in [2.45, 2.75) is 25.7 Å². The highest BCUT2D eigenvalue weighted by Crippen LogP contribution is 2.15. The van der Waals surface area contributed by atoms with Crippen LogP contribution in [0.1, 0.15) is 25.7 Å². The number of nitrogens with one attached hydrogen (secondary N) is 3. The van der Waals surface area contributed by atoms with Crippen molar-refractivity contribution in [2.24, 2.45) is 0 Å². The van der Waals surface area contributed by atoms with Gasteiger partial charge in [0.25, 0.3) is 0 Å². The van der Waals surface area contributed by atoms with Gasteiger partial charge in [0.1, 0.15) is 0 Å². The largest absolute Gasteiger partial charge is 0.341 e. The monoisotopic (exact) mass is 304 g/mol. The van der Waals surface area contributed by atoms with Crippen LogP contribution in [0.5, 0.6) is 0 Å². The van der Waals surface area contributed by atoms with Crippen molar-refractivity contribution in [3.8, 4) is 0 Å². The second-order valence-corrected chi connectivity index (χ2v) is 5.49. The second-order valence-electron chi connectivity index (χ2n) is 5.49. The lowest BCUT2D eigenvalue weighted by Gasteiger charge is -2.25. The average molecular weight is 304 g/mol. The van der Waals surface area contributed by atoms with Crippen LogP contribution in [0.4, 0.5) is 16.2 Å². The number of hydrogen-bond donors (Lipinski definition) is 3. The molecule has 3 amide bonds. The molecule has 1 aliphatic heterocycles. The van der Waals surface area contributed by atoms with Crippen LogP contribution in [-0.2, 0) is 4.79 Å². The van der Waals surface area contributed by atoms with Crippen LogP contribution in [0.15, 0.2) is 24.3 Å². The summed E-state index contributed by atoms with van der Waals surface area (Å²) in [5.74, 6) is 0.00247. The SMILES string of the molecule is CNC(=O)Nc1cccc(NC(=O)CCN2CCCCC2)c1. The molecule has 0 unspecified atom stereocenters. The Labute approximate surface area is 131 Å². The first-order valence-corrected chi connectivity index (χ1v) is 7.78. The minimum atomic E-state index is -0.284. The lowest BCUT2D eigenvalue weighted by atomic mass is 10.1. The first-order valence-electron chi connectivity index (χ1n) is 7.78. The van der Waals surface area contributed by atoms with E-state index in [0.29, 0.717) is 17.8 Å². The van der Waals surface area contributed by atoms with Gasteiger partial charge in [-0.2, -0.15) is 0 Å². The van der Waals surface area contributed by atoms with Crippen LogP contribution < -0.4 is 16.0 Å². The van der Waals surface area contributed by atoms with Crippen LogP contribution in [0.25, 0.3) is 0 Å². The number of hydrogen-bond acceptors (Lipinski definition) is 3. The third-order valence-corrected chi connectivity index (χ3v) is 3.74. The number of anilines is 2. The molecule has 1 fully saturated rings. The summed E-state index contributed by atoms with van der Waals surface area (Å²) in [7, 11) is 1.56. The maximum Gasteiger partial charge on any atom is 0.318 e. The molecule has 1 heterocycles. The van der Waals surface area contributed by atoms with Crippen molar-refractivity contribution in [1.82, 2.24) is 10.2 Å². The molecule has 0 spiro atoms. The predicted molar refractivity (Wildman–Crippen MR) is 88.1 cm³/mol. The van der Waals surface area contributed by atoms with Crippen molar-refractivity contribution in [3.05, 3.63) is 24.3 Å². The van der Waals surface area contributed by atoms with E-state index in [9.17, 15) is 9.59 Å². The number of likely N-dealkylation sites (tertiary alicyclic amines) is 1. The molecular weight excluding hydrogens is 280 g/mol. The Morgan fingerprint density at radius 1 is 1.09 bits per heavy atom. The fourth-order valence-electron chi connectivity index (χ4n) is 2.53. The van der Waals surface area contributed by atoms with Gasteiger partial charge >= 0.3 is 6.03 Å². The van der Waals surface area contributed by atoms with E-state index in [1.54, 1.807) is 25.2 Å². The zero-order chi connectivity index (χ0) is 15.8. The van der Waals surface area contributed by atoms with Gasteiger partial charge in [-0.25, -0.2) is 4.79 Å². The fourth-order valence-corrected chi connectivity index (χ4v) is 2.53. The van der Waals surface area contributed by atoms with Crippen LogP contribution in [0.3, 0.4) is 0 Å². The molecule has 0 bridgehead atoms. The zero-order valence-electron chi connectivity index (χ0n) is 13.0. The van der Waals surface area contributed by atoms with Crippen molar-refractivity contribution in [3.63, 3.8) is 0 Å². The van der Waals surface area contributed by atoms with E-state index in [0.717, 1.165) is 19.6 Å². The van der Waals surface area contributed by atoms with Gasteiger partial charge in [0.15, 0.2) is 0 Å². The summed E-state index contributed by atoms with van der Waals surface area (Å²) in [6, 6.07) is 6.85. The van der Waals surface area contributed by atoms with Gasteiger partial charge in [0.05, 0.1) is 0 Å². The minimum Gasteiger partial charge on any atom is -0.341 e. The van der Waals surface area contributed by atoms with E-state index in [4.69, 9.17) is 0 Å². The number of nitrogens with zero attached hydrogens (tertiary/aromatic N) is 1. The average Bonchev–Trinajstić information content (AvgIpc) is 2.54. The summed E-state index contributed by atoms with van der Waals surface area (Å²) in [5, 5.41) is 8.04. The molecule has 1 saturated heterocycles. The fraction of sp³-hybridized carbons (Fsp3) is 0.500. The Morgan fingerprint density at radius 2 is 1.77 bits per heavy atom. The molecule has 0 aliphatic carbocycles. The molecule has 0 aromatic heterocycles. The Bertz CT molecular complexity index is 513. The van der Waals surface area contributed by atoms with Crippen LogP contribution >= 0.6 is 0 Å². The van der Waals surface area contributed by atoms with E-state index in [2.05, 4.69) is 20.9 Å². The van der Waals surface area contributed by atoms with E-state index < -0.39 is 0 Å². The van der Waals surface area contributed by atoms with Gasteiger partial charge < -0.3 is 20.9 Å². The molecule has 120 valence electrons. The maximum absolute atomic E-state index is 12.0. The van der Waals surface area contributed by atoms with E-state index in [-0.39, 0.29) is 11.9 Å². The second kappa shape index (κ2) is 8.38. The maximum atomic E-state index is 12.0. The molecule has 1 aromatic carbocycles. The molecule has 2 rings (SSSR count). The summed E-state index contributed by atoms with van der Waals surface area (Å²) in [6.45, 7) is 3.00. The number of carbonyl (C=O) groups is 2. The molecule has 1 aliphatic rings. The van der Waals surface area contributed by atoms with E-state index >= 15 is 0 Å². The van der Waals surface area contributed by atoms with Crippen molar-refractivity contribution >= 4 is 23.3 Å². The summed E-state index contributed by atoms with van der Waals surface area (Å²) < 4.78 is 0. The molecule has 0 radical (unpaired) electrons. The third-order valence-electron chi connectivity index (χ3n) is 3.74. The summed E-state index contributed by atoms with van der Waals surface area (Å²) in [6.07, 6.45) is 4.25. The standard InChI is InChI=1S/C16H24N4O2/c1-17-16(22)19-14-7-5-6-13(12-14)18-15(21)8-11-20-9-3-2-4-10-20/h5-7,12H,2-4,8-11H2,1H3,(H,18,21)(H2,17,19,22). The van der Waals surface area contributed by atoms with Gasteiger partial charge in [-0.15, -0.1) is 0 Å². The predicted octanol–water partition coefficient (Wildman–Crippen LogP) is 2.25. The molecule has 1 aromatic rings. The van der Waals surface area contributed by atoms with Crippen LogP contribution in [0.2, 0.25) is 0 Å². The Kier molecular flexibility index (Phi) is 6.21. The number of rotatable bonds is 5. The highest BCUT2D eigenvalue weighted by Gasteiger charge is 2.12. The van der Waals surface area contributed by atoms with Gasteiger partial charge in [0, 0.05) is 31.4 Å². The van der Waals surface area contributed by atoms with Crippen molar-refractivity contribution in [2.75, 3.05) is 37.3 Å². The molecule has 0 saturated carbocycles. The number of urea groups is 1. The highest BCUT2D eigenvalue weighted by atomic mass is 16.2. The van der Waals surface area contributed by atoms with Crippen molar-refractivity contribution < 1.29 is 9.59 Å². The summed E-state index contributed by atoms with van der Waals surface area (Å²) in [4.78, 5) is 25.6. The topological polar surface area (TPSA) is 73.5 Å². The number of benzene rings is 1. The molecule has 3 N–H and O–H groups in total. The number of carbonyl (C=O) groups excluding carboxylic acids is 2. The molecule has 6 nitrogen and oxygen atoms in total. The van der Waals surface area contributed by atoms with Crippen molar-refractivity contribution in [1.29, 1.82) is 0 Å². The lowest BCUT2D eigenvalue weighted by Crippen LogP contribution is -2.32. The first kappa shape index (κ1) is 16.3. The Morgan fingerprint density at radius 3 is 2.45 bits per heavy atom. The molecule has 22 heavy (non-hydrogen) atoms. The quantitative estimate of drug-likeness (QED) is 0.781. The lowest BCUT2D eigenvalue weighted by molar-refractivity contribution is -0.116. The molecule has 6 heteroatoms. The van der Waals surface area contributed by atoms with E-state index in [1.807, 2.05) is 6.07 Å². The number of piperidine rings is 1. The Hall–Kier alpha value is -2.08. The van der Waals surface area contributed by atoms with Gasteiger partial charge in [-0.05, 0) is 44.1 Å². The van der Waals surface area contributed by atoms with Crippen LogP contribution in [0, 0.1) is 0 Å². The van der Waals surface area contributed by atoms with Gasteiger partial charge in [-0.3, -0.25) is 4.79 Å². The first-order chi connectivity index (χ1) is 10.7. The van der Waals surface area contributed by atoms with E-state index in [1.165, 1.54) is 19.3 Å². The van der Waals surface area contributed by atoms with Crippen LogP contribution in [-0.4, -0.2) is 43.5 Å². The summed E-state index contributed by atoms with van der Waals surface area (Å²) in [5.41, 5.74) is 1.34. The summed E-state index contributed by atoms with van der Waals surface area (Å²) >= 11 is 0. The van der Waals surface area contributed by atoms with Gasteiger partial charge in [0.2, 0.25) is 5.91 Å². The molecule has 0 atom stereocenters. The number of amides is 3. The molecular formula is C16H24N4O2. The Balaban J connectivity index is 1.80.